The van der Waals surface area contributed by atoms with E-state index in [1.165, 1.54) is 10.9 Å². The maximum atomic E-state index is 12.8. The SMILES string of the molecule is Cc1cncc2ccc(SN[C@H](C)CN(CCc3ccccc3)C(=O)OC(C)(C)C)cc12. The maximum Gasteiger partial charge on any atom is 0.410 e. The molecule has 0 saturated heterocycles. The molecule has 0 aliphatic carbocycles. The van der Waals surface area contributed by atoms with Crippen molar-refractivity contribution < 1.29 is 9.53 Å². The third-order valence-corrected chi connectivity index (χ3v) is 5.98. The second-order valence-corrected chi connectivity index (χ2v) is 10.0. The molecule has 1 aromatic heterocycles. The maximum absolute atomic E-state index is 12.8. The molecule has 0 fully saturated rings. The molecule has 5 nitrogen and oxygen atoms in total. The second kappa shape index (κ2) is 10.8. The largest absolute Gasteiger partial charge is 0.444 e. The van der Waals surface area contributed by atoms with Crippen LogP contribution in [0.3, 0.4) is 0 Å². The molecule has 0 aliphatic rings. The molecule has 1 amide bonds. The van der Waals surface area contributed by atoms with Crippen molar-refractivity contribution in [1.29, 1.82) is 0 Å². The molecule has 0 aliphatic heterocycles. The lowest BCUT2D eigenvalue weighted by atomic mass is 10.1. The van der Waals surface area contributed by atoms with E-state index in [1.807, 2.05) is 51.4 Å². The summed E-state index contributed by atoms with van der Waals surface area (Å²) in [5, 5.41) is 2.34. The lowest BCUT2D eigenvalue weighted by Crippen LogP contribution is -2.44. The molecule has 170 valence electrons. The second-order valence-electron chi connectivity index (χ2n) is 9.12. The molecule has 6 heteroatoms. The number of hydrogen-bond acceptors (Lipinski definition) is 5. The summed E-state index contributed by atoms with van der Waals surface area (Å²) < 4.78 is 9.14. The van der Waals surface area contributed by atoms with Gasteiger partial charge >= 0.3 is 6.09 Å². The molecule has 1 heterocycles. The monoisotopic (exact) mass is 451 g/mol. The van der Waals surface area contributed by atoms with E-state index >= 15 is 0 Å². The van der Waals surface area contributed by atoms with Crippen molar-refractivity contribution in [3.05, 3.63) is 72.1 Å². The predicted octanol–water partition coefficient (Wildman–Crippen LogP) is 6.01. The molecule has 1 N–H and O–H groups in total. The first-order valence-electron chi connectivity index (χ1n) is 11.0. The molecule has 3 rings (SSSR count). The van der Waals surface area contributed by atoms with Crippen molar-refractivity contribution in [2.45, 2.75) is 57.6 Å². The number of carbonyl (C=O) groups is 1. The molecule has 1 atom stereocenters. The van der Waals surface area contributed by atoms with Crippen LogP contribution in [0.15, 0.2) is 65.8 Å². The lowest BCUT2D eigenvalue weighted by molar-refractivity contribution is 0.0241. The van der Waals surface area contributed by atoms with Gasteiger partial charge in [-0.25, -0.2) is 4.79 Å². The van der Waals surface area contributed by atoms with Crippen LogP contribution in [0.2, 0.25) is 0 Å². The molecule has 0 bridgehead atoms. The number of pyridine rings is 1. The van der Waals surface area contributed by atoms with E-state index in [9.17, 15) is 4.79 Å². The number of aryl methyl sites for hydroxylation is 1. The van der Waals surface area contributed by atoms with Crippen LogP contribution < -0.4 is 4.72 Å². The number of benzene rings is 2. The minimum absolute atomic E-state index is 0.0810. The van der Waals surface area contributed by atoms with Crippen LogP contribution in [0.4, 0.5) is 4.79 Å². The van der Waals surface area contributed by atoms with Gasteiger partial charge in [-0.3, -0.25) is 9.71 Å². The normalized spacial score (nSPS) is 12.5. The van der Waals surface area contributed by atoms with Crippen molar-refractivity contribution in [3.8, 4) is 0 Å². The fourth-order valence-corrected chi connectivity index (χ4v) is 4.11. The first-order valence-corrected chi connectivity index (χ1v) is 11.8. The van der Waals surface area contributed by atoms with Crippen LogP contribution in [0.25, 0.3) is 10.8 Å². The summed E-state index contributed by atoms with van der Waals surface area (Å²) in [5.41, 5.74) is 1.85. The van der Waals surface area contributed by atoms with E-state index in [0.29, 0.717) is 13.1 Å². The zero-order valence-electron chi connectivity index (χ0n) is 19.6. The molecule has 3 aromatic rings. The van der Waals surface area contributed by atoms with Gasteiger partial charge in [-0.15, -0.1) is 0 Å². The summed E-state index contributed by atoms with van der Waals surface area (Å²) in [6.45, 7) is 11.0. The number of ether oxygens (including phenoxy) is 1. The van der Waals surface area contributed by atoms with E-state index < -0.39 is 5.60 Å². The van der Waals surface area contributed by atoms with Gasteiger partial charge in [-0.05, 0) is 81.6 Å². The van der Waals surface area contributed by atoms with Crippen LogP contribution in [0.1, 0.15) is 38.8 Å². The minimum Gasteiger partial charge on any atom is -0.444 e. The summed E-state index contributed by atoms with van der Waals surface area (Å²) in [4.78, 5) is 20.0. The van der Waals surface area contributed by atoms with Gasteiger partial charge in [0.1, 0.15) is 5.60 Å². The van der Waals surface area contributed by atoms with Gasteiger partial charge in [0.2, 0.25) is 0 Å². The summed E-state index contributed by atoms with van der Waals surface area (Å²) in [5.74, 6) is 0. The Bertz CT molecular complexity index is 1030. The van der Waals surface area contributed by atoms with Gasteiger partial charge < -0.3 is 9.64 Å². The van der Waals surface area contributed by atoms with Crippen molar-refractivity contribution >= 4 is 28.8 Å². The fourth-order valence-electron chi connectivity index (χ4n) is 3.38. The number of nitrogens with zero attached hydrogens (tertiary/aromatic N) is 2. The Hall–Kier alpha value is -2.57. The molecular formula is C26H33N3O2S. The Morgan fingerprint density at radius 3 is 2.62 bits per heavy atom. The number of aromatic nitrogens is 1. The molecule has 0 radical (unpaired) electrons. The molecule has 32 heavy (non-hydrogen) atoms. The van der Waals surface area contributed by atoms with Crippen molar-refractivity contribution in [2.24, 2.45) is 0 Å². The molecule has 0 unspecified atom stereocenters. The molecular weight excluding hydrogens is 418 g/mol. The number of carbonyl (C=O) groups excluding carboxylic acids is 1. The standard InChI is InChI=1S/C26H33N3O2S/c1-19-16-27-17-22-11-12-23(15-24(19)22)32-28-20(2)18-29(25(30)31-26(3,4)5)14-13-21-9-7-6-8-10-21/h6-12,15-17,20,28H,13-14,18H2,1-5H3/t20-/m1/s1. The summed E-state index contributed by atoms with van der Waals surface area (Å²) in [6, 6.07) is 16.7. The number of rotatable bonds is 8. The van der Waals surface area contributed by atoms with Crippen LogP contribution in [0.5, 0.6) is 0 Å². The third-order valence-electron chi connectivity index (χ3n) is 4.97. The zero-order chi connectivity index (χ0) is 23.1. The van der Waals surface area contributed by atoms with Gasteiger partial charge in [0, 0.05) is 41.8 Å². The van der Waals surface area contributed by atoms with E-state index in [4.69, 9.17) is 4.74 Å². The van der Waals surface area contributed by atoms with Gasteiger partial charge in [0.15, 0.2) is 0 Å². The number of hydrogen-bond donors (Lipinski definition) is 1. The minimum atomic E-state index is -0.523. The zero-order valence-corrected chi connectivity index (χ0v) is 20.4. The van der Waals surface area contributed by atoms with E-state index in [1.54, 1.807) is 16.8 Å². The van der Waals surface area contributed by atoms with Crippen LogP contribution in [-0.4, -0.2) is 40.7 Å². The van der Waals surface area contributed by atoms with Crippen molar-refractivity contribution in [2.75, 3.05) is 13.1 Å². The van der Waals surface area contributed by atoms with E-state index in [-0.39, 0.29) is 12.1 Å². The topological polar surface area (TPSA) is 54.5 Å². The smallest absolute Gasteiger partial charge is 0.410 e. The van der Waals surface area contributed by atoms with E-state index in [0.717, 1.165) is 22.3 Å². The Morgan fingerprint density at radius 1 is 1.16 bits per heavy atom. The molecule has 2 aromatic carbocycles. The first kappa shape index (κ1) is 24.1. The number of fused-ring (bicyclic) bond motifs is 1. The van der Waals surface area contributed by atoms with Crippen molar-refractivity contribution in [3.63, 3.8) is 0 Å². The lowest BCUT2D eigenvalue weighted by Gasteiger charge is -2.29. The van der Waals surface area contributed by atoms with Crippen LogP contribution in [-0.2, 0) is 11.2 Å². The molecule has 0 saturated carbocycles. The number of nitrogens with one attached hydrogen (secondary N) is 1. The fraction of sp³-hybridized carbons (Fsp3) is 0.385. The van der Waals surface area contributed by atoms with Crippen molar-refractivity contribution in [1.82, 2.24) is 14.6 Å². The first-order chi connectivity index (χ1) is 15.2. The Labute approximate surface area is 195 Å². The van der Waals surface area contributed by atoms with Crippen LogP contribution >= 0.6 is 11.9 Å². The van der Waals surface area contributed by atoms with Crippen LogP contribution in [0, 0.1) is 6.92 Å². The average Bonchev–Trinajstić information content (AvgIpc) is 2.75. The third kappa shape index (κ3) is 7.24. The highest BCUT2D eigenvalue weighted by Gasteiger charge is 2.23. The van der Waals surface area contributed by atoms with E-state index in [2.05, 4.69) is 53.9 Å². The summed E-state index contributed by atoms with van der Waals surface area (Å²) >= 11 is 1.58. The molecule has 0 spiro atoms. The number of amides is 1. The van der Waals surface area contributed by atoms with Gasteiger partial charge in [-0.2, -0.15) is 0 Å². The Morgan fingerprint density at radius 2 is 1.91 bits per heavy atom. The highest BCUT2D eigenvalue weighted by atomic mass is 32.2. The van der Waals surface area contributed by atoms with Gasteiger partial charge in [0.05, 0.1) is 0 Å². The van der Waals surface area contributed by atoms with Gasteiger partial charge in [0.25, 0.3) is 0 Å². The highest BCUT2D eigenvalue weighted by molar-refractivity contribution is 7.97. The Balaban J connectivity index is 1.62. The summed E-state index contributed by atoms with van der Waals surface area (Å²) in [6.07, 6.45) is 4.29. The highest BCUT2D eigenvalue weighted by Crippen LogP contribution is 2.24. The summed E-state index contributed by atoms with van der Waals surface area (Å²) in [7, 11) is 0. The average molecular weight is 452 g/mol. The Kier molecular flexibility index (Phi) is 8.15. The van der Waals surface area contributed by atoms with Gasteiger partial charge in [-0.1, -0.05) is 36.4 Å². The predicted molar refractivity (Wildman–Crippen MR) is 133 cm³/mol. The quantitative estimate of drug-likeness (QED) is 0.425.